The summed E-state index contributed by atoms with van der Waals surface area (Å²) in [7, 11) is 1.71. The maximum absolute atomic E-state index is 12.8. The Morgan fingerprint density at radius 2 is 2.05 bits per heavy atom. The first-order valence-electron chi connectivity index (χ1n) is 6.46. The summed E-state index contributed by atoms with van der Waals surface area (Å²) in [4.78, 5) is 11.9. The van der Waals surface area contributed by atoms with Crippen molar-refractivity contribution in [3.8, 4) is 0 Å². The van der Waals surface area contributed by atoms with Gasteiger partial charge in [-0.1, -0.05) is 0 Å². The van der Waals surface area contributed by atoms with Crippen molar-refractivity contribution < 1.29 is 18.0 Å². The lowest BCUT2D eigenvalue weighted by Crippen LogP contribution is -2.16. The van der Waals surface area contributed by atoms with Gasteiger partial charge in [0.05, 0.1) is 18.2 Å². The van der Waals surface area contributed by atoms with E-state index in [1.165, 1.54) is 12.3 Å². The van der Waals surface area contributed by atoms with E-state index in [9.17, 15) is 18.0 Å². The number of benzene rings is 1. The second-order valence-corrected chi connectivity index (χ2v) is 4.87. The highest BCUT2D eigenvalue weighted by atomic mass is 19.4. The topological polar surface area (TPSA) is 72.9 Å². The average molecular weight is 312 g/mol. The van der Waals surface area contributed by atoms with Crippen LogP contribution >= 0.6 is 0 Å². The molecule has 0 unspecified atom stereocenters. The van der Waals surface area contributed by atoms with Gasteiger partial charge in [-0.2, -0.15) is 18.3 Å². The normalized spacial score (nSPS) is 11.5. The van der Waals surface area contributed by atoms with E-state index >= 15 is 0 Å². The van der Waals surface area contributed by atoms with E-state index in [0.29, 0.717) is 11.1 Å². The van der Waals surface area contributed by atoms with Crippen LogP contribution in [0, 0.1) is 0 Å². The first-order chi connectivity index (χ1) is 10.3. The van der Waals surface area contributed by atoms with Gasteiger partial charge >= 0.3 is 6.18 Å². The van der Waals surface area contributed by atoms with Crippen LogP contribution in [0.15, 0.2) is 30.6 Å². The highest BCUT2D eigenvalue weighted by molar-refractivity contribution is 5.92. The Morgan fingerprint density at radius 1 is 1.32 bits per heavy atom. The van der Waals surface area contributed by atoms with Gasteiger partial charge in [0.25, 0.3) is 0 Å². The molecule has 3 N–H and O–H groups in total. The molecule has 0 fully saturated rings. The lowest BCUT2D eigenvalue weighted by Gasteiger charge is -2.12. The molecule has 0 spiro atoms. The summed E-state index contributed by atoms with van der Waals surface area (Å²) in [6, 6.07) is 3.29. The van der Waals surface area contributed by atoms with Crippen molar-refractivity contribution in [2.45, 2.75) is 19.1 Å². The monoisotopic (exact) mass is 312 g/mol. The second kappa shape index (κ2) is 6.18. The molecule has 0 atom stereocenters. The fourth-order valence-electron chi connectivity index (χ4n) is 2.00. The summed E-state index contributed by atoms with van der Waals surface area (Å²) in [5, 5.41) is 6.38. The number of hydrogen-bond donors (Lipinski definition) is 2. The maximum Gasteiger partial charge on any atom is 0.416 e. The summed E-state index contributed by atoms with van der Waals surface area (Å²) < 4.78 is 40.0. The number of carbonyl (C=O) groups is 1. The maximum atomic E-state index is 12.8. The molecule has 1 aromatic carbocycles. The summed E-state index contributed by atoms with van der Waals surface area (Å²) >= 11 is 0. The van der Waals surface area contributed by atoms with Crippen molar-refractivity contribution in [3.05, 3.63) is 47.3 Å². The Balaban J connectivity index is 2.16. The number of aromatic nitrogens is 2. The van der Waals surface area contributed by atoms with Crippen LogP contribution in [0.25, 0.3) is 0 Å². The molecule has 1 amide bonds. The number of aryl methyl sites for hydroxylation is 1. The lowest BCUT2D eigenvalue weighted by atomic mass is 10.1. The van der Waals surface area contributed by atoms with E-state index in [1.807, 2.05) is 0 Å². The van der Waals surface area contributed by atoms with Gasteiger partial charge in [-0.3, -0.25) is 9.48 Å². The van der Waals surface area contributed by atoms with Crippen LogP contribution < -0.4 is 11.1 Å². The standard InChI is InChI=1S/C14H15F3N4O/c1-21-8-10(7-19-21)4-13(22)20-12-3-9(6-18)2-11(5-12)14(15,16)17/h2-3,5,7-8H,4,6,18H2,1H3,(H,20,22). The van der Waals surface area contributed by atoms with E-state index in [0.717, 1.165) is 12.1 Å². The third kappa shape index (κ3) is 4.08. The predicted molar refractivity (Wildman–Crippen MR) is 74.9 cm³/mol. The van der Waals surface area contributed by atoms with Crippen LogP contribution in [-0.4, -0.2) is 15.7 Å². The van der Waals surface area contributed by atoms with E-state index < -0.39 is 17.6 Å². The molecule has 118 valence electrons. The van der Waals surface area contributed by atoms with Crippen LogP contribution in [-0.2, 0) is 31.0 Å². The minimum Gasteiger partial charge on any atom is -0.326 e. The van der Waals surface area contributed by atoms with Crippen LogP contribution in [0.5, 0.6) is 0 Å². The van der Waals surface area contributed by atoms with Gasteiger partial charge in [0, 0.05) is 25.5 Å². The molecular weight excluding hydrogens is 297 g/mol. The summed E-state index contributed by atoms with van der Waals surface area (Å²) in [6.45, 7) is -0.0462. The van der Waals surface area contributed by atoms with Crippen LogP contribution in [0.1, 0.15) is 16.7 Å². The van der Waals surface area contributed by atoms with Gasteiger partial charge < -0.3 is 11.1 Å². The van der Waals surface area contributed by atoms with Crippen molar-refractivity contribution in [1.29, 1.82) is 0 Å². The van der Waals surface area contributed by atoms with Crippen molar-refractivity contribution in [2.24, 2.45) is 12.8 Å². The smallest absolute Gasteiger partial charge is 0.326 e. The molecule has 0 aliphatic rings. The van der Waals surface area contributed by atoms with Crippen LogP contribution in [0.2, 0.25) is 0 Å². The highest BCUT2D eigenvalue weighted by Gasteiger charge is 2.31. The van der Waals surface area contributed by atoms with E-state index in [-0.39, 0.29) is 18.7 Å². The summed E-state index contributed by atoms with van der Waals surface area (Å²) in [5.41, 5.74) is 5.60. The number of rotatable bonds is 4. The number of alkyl halides is 3. The molecule has 0 radical (unpaired) electrons. The predicted octanol–water partition coefficient (Wildman–Crippen LogP) is 2.08. The van der Waals surface area contributed by atoms with E-state index in [1.54, 1.807) is 17.9 Å². The molecule has 8 heteroatoms. The van der Waals surface area contributed by atoms with Gasteiger partial charge in [-0.25, -0.2) is 0 Å². The number of anilines is 1. The second-order valence-electron chi connectivity index (χ2n) is 4.87. The van der Waals surface area contributed by atoms with Crippen molar-refractivity contribution in [2.75, 3.05) is 5.32 Å². The number of nitrogens with one attached hydrogen (secondary N) is 1. The summed E-state index contributed by atoms with van der Waals surface area (Å²) in [6.07, 6.45) is -1.27. The quantitative estimate of drug-likeness (QED) is 0.908. The number of nitrogens with zero attached hydrogens (tertiary/aromatic N) is 2. The number of carbonyl (C=O) groups excluding carboxylic acids is 1. The molecule has 0 aliphatic heterocycles. The minimum atomic E-state index is -4.49. The first kappa shape index (κ1) is 16.0. The van der Waals surface area contributed by atoms with Gasteiger partial charge in [-0.15, -0.1) is 0 Å². The van der Waals surface area contributed by atoms with Gasteiger partial charge in [0.1, 0.15) is 0 Å². The molecule has 22 heavy (non-hydrogen) atoms. The van der Waals surface area contributed by atoms with Crippen molar-refractivity contribution in [3.63, 3.8) is 0 Å². The average Bonchev–Trinajstić information content (AvgIpc) is 2.82. The van der Waals surface area contributed by atoms with Crippen molar-refractivity contribution >= 4 is 11.6 Å². The molecule has 0 saturated carbocycles. The zero-order chi connectivity index (χ0) is 16.3. The number of hydrogen-bond acceptors (Lipinski definition) is 3. The first-order valence-corrected chi connectivity index (χ1v) is 6.46. The van der Waals surface area contributed by atoms with E-state index in [4.69, 9.17) is 5.73 Å². The fraction of sp³-hybridized carbons (Fsp3) is 0.286. The van der Waals surface area contributed by atoms with Gasteiger partial charge in [-0.05, 0) is 29.3 Å². The van der Waals surface area contributed by atoms with Gasteiger partial charge in [0.2, 0.25) is 5.91 Å². The number of amides is 1. The molecule has 2 aromatic rings. The zero-order valence-corrected chi connectivity index (χ0v) is 11.8. The lowest BCUT2D eigenvalue weighted by molar-refractivity contribution is -0.137. The molecule has 0 aliphatic carbocycles. The SMILES string of the molecule is Cn1cc(CC(=O)Nc2cc(CN)cc(C(F)(F)F)c2)cn1. The molecule has 0 saturated heterocycles. The third-order valence-electron chi connectivity index (χ3n) is 2.96. The Morgan fingerprint density at radius 3 is 2.59 bits per heavy atom. The Bertz CT molecular complexity index is 679. The highest BCUT2D eigenvalue weighted by Crippen LogP contribution is 2.32. The van der Waals surface area contributed by atoms with E-state index in [2.05, 4.69) is 10.4 Å². The Hall–Kier alpha value is -2.35. The van der Waals surface area contributed by atoms with Gasteiger partial charge in [0.15, 0.2) is 0 Å². The number of nitrogens with two attached hydrogens (primary N) is 1. The number of halogens is 3. The van der Waals surface area contributed by atoms with Crippen molar-refractivity contribution in [1.82, 2.24) is 9.78 Å². The molecule has 2 rings (SSSR count). The molecule has 5 nitrogen and oxygen atoms in total. The fourth-order valence-corrected chi connectivity index (χ4v) is 2.00. The summed E-state index contributed by atoms with van der Waals surface area (Å²) in [5.74, 6) is -0.421. The third-order valence-corrected chi connectivity index (χ3v) is 2.96. The molecule has 1 aromatic heterocycles. The molecular formula is C14H15F3N4O. The minimum absolute atomic E-state index is 0.0298. The zero-order valence-electron chi connectivity index (χ0n) is 11.8. The Labute approximate surface area is 124 Å². The largest absolute Gasteiger partial charge is 0.416 e. The molecule has 0 bridgehead atoms. The Kier molecular flexibility index (Phi) is 4.51. The van der Waals surface area contributed by atoms with Crippen LogP contribution in [0.3, 0.4) is 0 Å². The molecule has 1 heterocycles. The van der Waals surface area contributed by atoms with Crippen LogP contribution in [0.4, 0.5) is 18.9 Å².